The first-order valence-electron chi connectivity index (χ1n) is 8.67. The zero-order chi connectivity index (χ0) is 20.1. The van der Waals surface area contributed by atoms with Crippen LogP contribution in [0.15, 0.2) is 41.0 Å². The molecule has 2 heterocycles. The van der Waals surface area contributed by atoms with Crippen molar-refractivity contribution >= 4 is 23.5 Å². The molecule has 9 heteroatoms. The van der Waals surface area contributed by atoms with E-state index >= 15 is 0 Å². The van der Waals surface area contributed by atoms with Gasteiger partial charge in [-0.25, -0.2) is 4.79 Å². The lowest BCUT2D eigenvalue weighted by Gasteiger charge is -2.12. The summed E-state index contributed by atoms with van der Waals surface area (Å²) in [5.74, 6) is 0.927. The molecule has 0 radical (unpaired) electrons. The Kier molecular flexibility index (Phi) is 5.83. The second-order valence-electron chi connectivity index (χ2n) is 6.19. The van der Waals surface area contributed by atoms with Gasteiger partial charge in [-0.3, -0.25) is 14.5 Å². The molecule has 1 aromatic carbocycles. The largest absolute Gasteiger partial charge is 0.497 e. The Morgan fingerprint density at radius 1 is 1.21 bits per heavy atom. The monoisotopic (exact) mass is 387 g/mol. The quantitative estimate of drug-likeness (QED) is 0.672. The van der Waals surface area contributed by atoms with Crippen molar-refractivity contribution in [3.63, 3.8) is 0 Å². The molecule has 28 heavy (non-hydrogen) atoms. The summed E-state index contributed by atoms with van der Waals surface area (Å²) in [6.07, 6.45) is 1.72. The van der Waals surface area contributed by atoms with Crippen LogP contribution < -0.4 is 20.1 Å². The third-order valence-corrected chi connectivity index (χ3v) is 4.30. The van der Waals surface area contributed by atoms with Crippen molar-refractivity contribution < 1.29 is 28.3 Å². The van der Waals surface area contributed by atoms with Crippen LogP contribution in [-0.2, 0) is 16.1 Å². The maximum absolute atomic E-state index is 12.4. The SMILES string of the molecule is COc1cc(NC(=O)CC[C@@H]2NC(=O)N(Cc3ccco3)C2=O)cc(OC)c1. The first kappa shape index (κ1) is 19.3. The molecule has 2 aromatic rings. The molecule has 1 fully saturated rings. The summed E-state index contributed by atoms with van der Waals surface area (Å²) in [6, 6.07) is 7.14. The van der Waals surface area contributed by atoms with Gasteiger partial charge in [-0.1, -0.05) is 0 Å². The molecule has 1 aliphatic heterocycles. The molecule has 1 aliphatic rings. The zero-order valence-electron chi connectivity index (χ0n) is 15.6. The number of rotatable bonds is 8. The summed E-state index contributed by atoms with van der Waals surface area (Å²) in [5.41, 5.74) is 0.516. The topological polar surface area (TPSA) is 110 Å². The van der Waals surface area contributed by atoms with Gasteiger partial charge in [-0.2, -0.15) is 0 Å². The summed E-state index contributed by atoms with van der Waals surface area (Å²) < 4.78 is 15.5. The van der Waals surface area contributed by atoms with E-state index in [0.717, 1.165) is 4.90 Å². The molecular weight excluding hydrogens is 366 g/mol. The number of nitrogens with zero attached hydrogens (tertiary/aromatic N) is 1. The number of ether oxygens (including phenoxy) is 2. The Bertz CT molecular complexity index is 842. The Morgan fingerprint density at radius 3 is 2.54 bits per heavy atom. The van der Waals surface area contributed by atoms with Crippen molar-refractivity contribution in [1.82, 2.24) is 10.2 Å². The number of methoxy groups -OCH3 is 2. The van der Waals surface area contributed by atoms with Crippen molar-refractivity contribution in [2.75, 3.05) is 19.5 Å². The number of carbonyl (C=O) groups is 3. The fraction of sp³-hybridized carbons (Fsp3) is 0.316. The average molecular weight is 387 g/mol. The highest BCUT2D eigenvalue weighted by molar-refractivity contribution is 6.04. The third-order valence-electron chi connectivity index (χ3n) is 4.30. The lowest BCUT2D eigenvalue weighted by Crippen LogP contribution is -2.31. The third kappa shape index (κ3) is 4.43. The molecule has 1 atom stereocenters. The fourth-order valence-electron chi connectivity index (χ4n) is 2.86. The van der Waals surface area contributed by atoms with Crippen molar-refractivity contribution in [2.45, 2.75) is 25.4 Å². The second-order valence-corrected chi connectivity index (χ2v) is 6.19. The molecule has 1 aromatic heterocycles. The molecule has 0 aliphatic carbocycles. The number of hydrogen-bond donors (Lipinski definition) is 2. The Morgan fingerprint density at radius 2 is 1.93 bits per heavy atom. The average Bonchev–Trinajstić information content (AvgIpc) is 3.29. The van der Waals surface area contributed by atoms with E-state index in [2.05, 4.69) is 10.6 Å². The smallest absolute Gasteiger partial charge is 0.325 e. The van der Waals surface area contributed by atoms with Crippen LogP contribution in [-0.4, -0.2) is 43.0 Å². The molecular formula is C19H21N3O6. The van der Waals surface area contributed by atoms with E-state index in [0.29, 0.717) is 22.9 Å². The van der Waals surface area contributed by atoms with Gasteiger partial charge in [-0.05, 0) is 18.6 Å². The number of amides is 4. The van der Waals surface area contributed by atoms with Gasteiger partial charge in [0.05, 0.1) is 27.0 Å². The standard InChI is InChI=1S/C19H21N3O6/c1-26-14-8-12(9-15(10-14)27-2)20-17(23)6-5-16-18(24)22(19(25)21-16)11-13-4-3-7-28-13/h3-4,7-10,16H,5-6,11H2,1-2H3,(H,20,23)(H,21,25)/t16-/m0/s1. The Balaban J connectivity index is 1.55. The van der Waals surface area contributed by atoms with Crippen molar-refractivity contribution in [1.29, 1.82) is 0 Å². The normalized spacial score (nSPS) is 16.1. The summed E-state index contributed by atoms with van der Waals surface area (Å²) in [6.45, 7) is 0.0595. The van der Waals surface area contributed by atoms with E-state index < -0.39 is 12.1 Å². The summed E-state index contributed by atoms with van der Waals surface area (Å²) in [5, 5.41) is 5.34. The van der Waals surface area contributed by atoms with Gasteiger partial charge in [0, 0.05) is 30.3 Å². The van der Waals surface area contributed by atoms with Gasteiger partial charge in [0.2, 0.25) is 5.91 Å². The summed E-state index contributed by atoms with van der Waals surface area (Å²) in [4.78, 5) is 37.8. The number of imide groups is 1. The highest BCUT2D eigenvalue weighted by atomic mass is 16.5. The molecule has 4 amide bonds. The van der Waals surface area contributed by atoms with E-state index in [1.54, 1.807) is 30.3 Å². The van der Waals surface area contributed by atoms with E-state index in [9.17, 15) is 14.4 Å². The van der Waals surface area contributed by atoms with Crippen molar-refractivity contribution in [3.05, 3.63) is 42.4 Å². The minimum absolute atomic E-state index is 0.0595. The predicted octanol–water partition coefficient (Wildman–Crippen LogP) is 2.14. The molecule has 3 rings (SSSR count). The van der Waals surface area contributed by atoms with E-state index in [1.807, 2.05) is 0 Å². The predicted molar refractivity (Wildman–Crippen MR) is 99.0 cm³/mol. The first-order valence-corrected chi connectivity index (χ1v) is 8.67. The number of furan rings is 1. The number of nitrogens with one attached hydrogen (secondary N) is 2. The molecule has 9 nitrogen and oxygen atoms in total. The number of carbonyl (C=O) groups excluding carboxylic acids is 3. The maximum Gasteiger partial charge on any atom is 0.325 e. The molecule has 0 unspecified atom stereocenters. The van der Waals surface area contributed by atoms with Gasteiger partial charge in [-0.15, -0.1) is 0 Å². The van der Waals surface area contributed by atoms with E-state index in [1.165, 1.54) is 20.5 Å². The van der Waals surface area contributed by atoms with Crippen LogP contribution in [0.2, 0.25) is 0 Å². The minimum atomic E-state index is -0.743. The van der Waals surface area contributed by atoms with E-state index in [-0.39, 0.29) is 31.2 Å². The first-order chi connectivity index (χ1) is 13.5. The molecule has 2 N–H and O–H groups in total. The van der Waals surface area contributed by atoms with Crippen LogP contribution in [0.1, 0.15) is 18.6 Å². The number of anilines is 1. The lowest BCUT2D eigenvalue weighted by molar-refractivity contribution is -0.128. The summed E-state index contributed by atoms with van der Waals surface area (Å²) in [7, 11) is 3.03. The van der Waals surface area contributed by atoms with Crippen LogP contribution >= 0.6 is 0 Å². The summed E-state index contributed by atoms with van der Waals surface area (Å²) >= 11 is 0. The Labute approximate surface area is 161 Å². The van der Waals surface area contributed by atoms with Crippen LogP contribution in [0.25, 0.3) is 0 Å². The van der Waals surface area contributed by atoms with Crippen LogP contribution in [0, 0.1) is 0 Å². The number of urea groups is 1. The minimum Gasteiger partial charge on any atom is -0.497 e. The van der Waals surface area contributed by atoms with Crippen molar-refractivity contribution in [3.8, 4) is 11.5 Å². The van der Waals surface area contributed by atoms with Gasteiger partial charge in [0.15, 0.2) is 0 Å². The molecule has 0 saturated carbocycles. The highest BCUT2D eigenvalue weighted by Gasteiger charge is 2.38. The van der Waals surface area contributed by atoms with Crippen LogP contribution in [0.3, 0.4) is 0 Å². The molecule has 0 spiro atoms. The van der Waals surface area contributed by atoms with Gasteiger partial charge in [0.25, 0.3) is 5.91 Å². The number of hydrogen-bond acceptors (Lipinski definition) is 6. The van der Waals surface area contributed by atoms with Gasteiger partial charge < -0.3 is 24.5 Å². The Hall–Kier alpha value is -3.49. The van der Waals surface area contributed by atoms with Crippen LogP contribution in [0.4, 0.5) is 10.5 Å². The number of benzene rings is 1. The maximum atomic E-state index is 12.4. The molecule has 148 valence electrons. The second kappa shape index (κ2) is 8.47. The van der Waals surface area contributed by atoms with Gasteiger partial charge in [0.1, 0.15) is 23.3 Å². The zero-order valence-corrected chi connectivity index (χ0v) is 15.6. The lowest BCUT2D eigenvalue weighted by atomic mass is 10.1. The van der Waals surface area contributed by atoms with Gasteiger partial charge >= 0.3 is 6.03 Å². The van der Waals surface area contributed by atoms with E-state index in [4.69, 9.17) is 13.9 Å². The molecule has 0 bridgehead atoms. The van der Waals surface area contributed by atoms with Crippen LogP contribution in [0.5, 0.6) is 11.5 Å². The highest BCUT2D eigenvalue weighted by Crippen LogP contribution is 2.26. The molecule has 1 saturated heterocycles. The van der Waals surface area contributed by atoms with Crippen molar-refractivity contribution in [2.24, 2.45) is 0 Å². The fourth-order valence-corrected chi connectivity index (χ4v) is 2.86.